The molecule has 0 bridgehead atoms. The van der Waals surface area contributed by atoms with Crippen LogP contribution in [0.5, 0.6) is 11.5 Å². The zero-order valence-corrected chi connectivity index (χ0v) is 11.7. The molecule has 22 heavy (non-hydrogen) atoms. The van der Waals surface area contributed by atoms with Gasteiger partial charge in [0.25, 0.3) is 0 Å². The van der Waals surface area contributed by atoms with Gasteiger partial charge in [-0.15, -0.1) is 0 Å². The molecule has 0 atom stereocenters. The molecule has 3 N–H and O–H groups in total. The van der Waals surface area contributed by atoms with Gasteiger partial charge in [-0.05, 0) is 24.3 Å². The van der Waals surface area contributed by atoms with E-state index in [0.717, 1.165) is 22.4 Å². The van der Waals surface area contributed by atoms with E-state index < -0.39 is 0 Å². The predicted molar refractivity (Wildman–Crippen MR) is 84.7 cm³/mol. The summed E-state index contributed by atoms with van der Waals surface area (Å²) in [6, 6.07) is 9.33. The number of rotatable bonds is 2. The van der Waals surface area contributed by atoms with Crippen molar-refractivity contribution in [3.63, 3.8) is 0 Å². The van der Waals surface area contributed by atoms with Gasteiger partial charge in [-0.1, -0.05) is 0 Å². The van der Waals surface area contributed by atoms with Crippen LogP contribution < -0.4 is 20.5 Å². The normalized spacial score (nSPS) is 13.1. The zero-order valence-electron chi connectivity index (χ0n) is 11.7. The number of hydrogen-bond donors (Lipinski definition) is 2. The van der Waals surface area contributed by atoms with Gasteiger partial charge in [0.15, 0.2) is 11.5 Å². The van der Waals surface area contributed by atoms with E-state index in [1.165, 1.54) is 0 Å². The topological polar surface area (TPSA) is 82.3 Å². The average molecular weight is 294 g/mol. The largest absolute Gasteiger partial charge is 0.486 e. The van der Waals surface area contributed by atoms with Gasteiger partial charge in [-0.25, -0.2) is 0 Å². The first-order chi connectivity index (χ1) is 10.8. The van der Waals surface area contributed by atoms with Gasteiger partial charge in [-0.2, -0.15) is 0 Å². The first-order valence-electron chi connectivity index (χ1n) is 6.97. The first kappa shape index (κ1) is 12.7. The molecule has 0 radical (unpaired) electrons. The molecule has 1 aromatic heterocycles. The molecular weight excluding hydrogens is 280 g/mol. The second kappa shape index (κ2) is 5.07. The molecule has 0 amide bonds. The van der Waals surface area contributed by atoms with Crippen LogP contribution in [-0.2, 0) is 0 Å². The summed E-state index contributed by atoms with van der Waals surface area (Å²) in [5.74, 6) is 1.34. The van der Waals surface area contributed by atoms with Crippen LogP contribution in [0.15, 0.2) is 42.7 Å². The van der Waals surface area contributed by atoms with Crippen molar-refractivity contribution in [1.82, 2.24) is 9.97 Å². The Kier molecular flexibility index (Phi) is 2.93. The quantitative estimate of drug-likeness (QED) is 0.707. The monoisotopic (exact) mass is 294 g/mol. The third kappa shape index (κ3) is 2.14. The van der Waals surface area contributed by atoms with Crippen LogP contribution in [0.3, 0.4) is 0 Å². The maximum atomic E-state index is 5.78. The van der Waals surface area contributed by atoms with Gasteiger partial charge in [0, 0.05) is 29.8 Å². The molecule has 6 heteroatoms. The van der Waals surface area contributed by atoms with Crippen molar-refractivity contribution in [2.75, 3.05) is 24.3 Å². The third-order valence-corrected chi connectivity index (χ3v) is 3.45. The van der Waals surface area contributed by atoms with Gasteiger partial charge < -0.3 is 20.5 Å². The minimum absolute atomic E-state index is 0.509. The van der Waals surface area contributed by atoms with Gasteiger partial charge in [0.05, 0.1) is 5.52 Å². The molecule has 2 heterocycles. The lowest BCUT2D eigenvalue weighted by Crippen LogP contribution is -2.16. The lowest BCUT2D eigenvalue weighted by Gasteiger charge is -2.22. The van der Waals surface area contributed by atoms with Crippen LogP contribution in [0, 0.1) is 0 Å². The highest BCUT2D eigenvalue weighted by atomic mass is 16.6. The minimum atomic E-state index is 0.509. The smallest absolute Gasteiger partial charge is 0.187 e. The number of anilines is 3. The second-order valence-corrected chi connectivity index (χ2v) is 4.95. The number of aromatic nitrogens is 2. The van der Waals surface area contributed by atoms with Crippen LogP contribution in [0.25, 0.3) is 11.0 Å². The molecule has 6 nitrogen and oxygen atoms in total. The van der Waals surface area contributed by atoms with Crippen LogP contribution in [-0.4, -0.2) is 23.2 Å². The lowest BCUT2D eigenvalue weighted by molar-refractivity contribution is 0.173. The predicted octanol–water partition coefficient (Wildman–Crippen LogP) is 2.73. The molecule has 110 valence electrons. The van der Waals surface area contributed by atoms with E-state index in [-0.39, 0.29) is 0 Å². The minimum Gasteiger partial charge on any atom is -0.486 e. The number of hydrogen-bond acceptors (Lipinski definition) is 6. The summed E-state index contributed by atoms with van der Waals surface area (Å²) in [6.07, 6.45) is 3.32. The van der Waals surface area contributed by atoms with Crippen molar-refractivity contribution < 1.29 is 9.47 Å². The average Bonchev–Trinajstić information content (AvgIpc) is 2.56. The number of benzene rings is 2. The molecule has 0 spiro atoms. The Morgan fingerprint density at radius 2 is 1.77 bits per heavy atom. The van der Waals surface area contributed by atoms with Crippen molar-refractivity contribution >= 4 is 28.1 Å². The second-order valence-electron chi connectivity index (χ2n) is 4.95. The number of ether oxygens (including phenoxy) is 2. The van der Waals surface area contributed by atoms with E-state index in [0.29, 0.717) is 30.4 Å². The fourth-order valence-electron chi connectivity index (χ4n) is 2.44. The molecular formula is C16H14N4O2. The van der Waals surface area contributed by atoms with E-state index in [9.17, 15) is 0 Å². The molecule has 1 aliphatic heterocycles. The van der Waals surface area contributed by atoms with Crippen molar-refractivity contribution in [3.8, 4) is 11.5 Å². The Balaban J connectivity index is 1.88. The van der Waals surface area contributed by atoms with Gasteiger partial charge in [0.1, 0.15) is 24.4 Å². The van der Waals surface area contributed by atoms with Crippen molar-refractivity contribution in [1.29, 1.82) is 0 Å². The molecule has 0 saturated carbocycles. The zero-order chi connectivity index (χ0) is 14.9. The van der Waals surface area contributed by atoms with Crippen LogP contribution in [0.4, 0.5) is 17.1 Å². The highest BCUT2D eigenvalue weighted by molar-refractivity contribution is 5.96. The lowest BCUT2D eigenvalue weighted by atomic mass is 10.2. The number of fused-ring (bicyclic) bond motifs is 2. The number of nitrogens with zero attached hydrogens (tertiary/aromatic N) is 2. The Morgan fingerprint density at radius 3 is 2.64 bits per heavy atom. The first-order valence-corrected chi connectivity index (χ1v) is 6.97. The van der Waals surface area contributed by atoms with E-state index >= 15 is 0 Å². The Hall–Kier alpha value is -3.02. The van der Waals surface area contributed by atoms with Crippen molar-refractivity contribution in [3.05, 3.63) is 42.7 Å². The maximum absolute atomic E-state index is 5.78. The number of nitrogens with one attached hydrogen (secondary N) is 1. The van der Waals surface area contributed by atoms with Crippen LogP contribution in [0.2, 0.25) is 0 Å². The highest BCUT2D eigenvalue weighted by Gasteiger charge is 2.21. The van der Waals surface area contributed by atoms with E-state index in [4.69, 9.17) is 15.2 Å². The van der Waals surface area contributed by atoms with E-state index in [1.807, 2.05) is 30.3 Å². The third-order valence-electron chi connectivity index (χ3n) is 3.45. The number of nitrogens with two attached hydrogens (primary N) is 1. The van der Waals surface area contributed by atoms with Gasteiger partial charge >= 0.3 is 0 Å². The fraction of sp³-hybridized carbons (Fsp3) is 0.125. The van der Waals surface area contributed by atoms with Crippen LogP contribution in [0.1, 0.15) is 0 Å². The summed E-state index contributed by atoms with van der Waals surface area (Å²) in [5.41, 5.74) is 9.58. The molecule has 0 fully saturated rings. The van der Waals surface area contributed by atoms with Crippen molar-refractivity contribution in [2.45, 2.75) is 0 Å². The Labute approximate surface area is 126 Å². The van der Waals surface area contributed by atoms with Gasteiger partial charge in [-0.3, -0.25) is 9.97 Å². The van der Waals surface area contributed by atoms with Crippen LogP contribution >= 0.6 is 0 Å². The Morgan fingerprint density at radius 1 is 1.00 bits per heavy atom. The summed E-state index contributed by atoms with van der Waals surface area (Å²) in [4.78, 5) is 8.77. The summed E-state index contributed by atoms with van der Waals surface area (Å²) >= 11 is 0. The van der Waals surface area contributed by atoms with E-state index in [1.54, 1.807) is 12.4 Å². The standard InChI is InChI=1S/C16H14N4O2/c17-10-1-3-11(4-2-10)20-15-14-12(18-5-6-19-14)9-13-16(15)22-8-7-21-13/h1-6,9,20H,7-8,17H2. The van der Waals surface area contributed by atoms with Gasteiger partial charge in [0.2, 0.25) is 0 Å². The molecule has 1 aliphatic rings. The molecule has 3 aromatic rings. The molecule has 0 saturated heterocycles. The highest BCUT2D eigenvalue weighted by Crippen LogP contribution is 2.43. The summed E-state index contributed by atoms with van der Waals surface area (Å²) in [5, 5.41) is 3.34. The fourth-order valence-corrected chi connectivity index (χ4v) is 2.44. The maximum Gasteiger partial charge on any atom is 0.187 e. The van der Waals surface area contributed by atoms with Crippen molar-refractivity contribution in [2.24, 2.45) is 0 Å². The number of nitrogen functional groups attached to an aromatic ring is 1. The SMILES string of the molecule is Nc1ccc(Nc2c3c(cc4nccnc24)OCCO3)cc1. The molecule has 0 aliphatic carbocycles. The summed E-state index contributed by atoms with van der Waals surface area (Å²) in [7, 11) is 0. The molecule has 2 aromatic carbocycles. The molecule has 4 rings (SSSR count). The summed E-state index contributed by atoms with van der Waals surface area (Å²) in [6.45, 7) is 1.04. The molecule has 0 unspecified atom stereocenters. The van der Waals surface area contributed by atoms with E-state index in [2.05, 4.69) is 15.3 Å². The Bertz CT molecular complexity index is 833. The summed E-state index contributed by atoms with van der Waals surface area (Å²) < 4.78 is 11.5.